The van der Waals surface area contributed by atoms with Crippen LogP contribution < -0.4 is 9.46 Å². The quantitative estimate of drug-likeness (QED) is 0.910. The zero-order chi connectivity index (χ0) is 17.4. The smallest absolute Gasteiger partial charge is 0.406 e. The Hall–Kier alpha value is -2.06. The van der Waals surface area contributed by atoms with Gasteiger partial charge in [-0.3, -0.25) is 0 Å². The van der Waals surface area contributed by atoms with E-state index in [1.165, 1.54) is 0 Å². The van der Waals surface area contributed by atoms with Gasteiger partial charge in [-0.05, 0) is 48.2 Å². The van der Waals surface area contributed by atoms with E-state index < -0.39 is 22.1 Å². The number of hydrogen-bond acceptors (Lipinski definition) is 3. The first-order valence-corrected chi connectivity index (χ1v) is 8.69. The molecule has 0 spiro atoms. The number of fused-ring (bicyclic) bond motifs is 1. The number of aryl methyl sites for hydroxylation is 1. The van der Waals surface area contributed by atoms with E-state index in [2.05, 4.69) is 9.46 Å². The molecule has 2 aromatic carbocycles. The van der Waals surface area contributed by atoms with Crippen molar-refractivity contribution in [2.24, 2.45) is 0 Å². The summed E-state index contributed by atoms with van der Waals surface area (Å²) in [5.41, 5.74) is 2.03. The molecule has 1 N–H and O–H groups in total. The minimum absolute atomic E-state index is 0.110. The van der Waals surface area contributed by atoms with Crippen LogP contribution in [0.5, 0.6) is 5.75 Å². The van der Waals surface area contributed by atoms with Gasteiger partial charge in [0, 0.05) is 6.04 Å². The second-order valence-electron chi connectivity index (χ2n) is 5.43. The molecule has 0 saturated carbocycles. The molecule has 1 aliphatic rings. The molecule has 0 aliphatic heterocycles. The van der Waals surface area contributed by atoms with Crippen LogP contribution in [0.15, 0.2) is 53.4 Å². The lowest BCUT2D eigenvalue weighted by molar-refractivity contribution is -0.274. The van der Waals surface area contributed by atoms with Crippen molar-refractivity contribution < 1.29 is 26.3 Å². The highest BCUT2D eigenvalue weighted by Gasteiger charge is 2.31. The highest BCUT2D eigenvalue weighted by atomic mass is 32.2. The number of nitrogens with one attached hydrogen (secondary N) is 1. The minimum Gasteiger partial charge on any atom is -0.406 e. The SMILES string of the molecule is O=S(=O)(NC1CCc2ccccc21)c1ccc(OC(F)(F)F)cc1. The number of benzene rings is 2. The molecular weight excluding hydrogens is 343 g/mol. The van der Waals surface area contributed by atoms with Crippen molar-refractivity contribution in [3.05, 3.63) is 59.7 Å². The summed E-state index contributed by atoms with van der Waals surface area (Å²) in [5.74, 6) is -0.465. The Bertz CT molecular complexity index is 832. The van der Waals surface area contributed by atoms with Crippen molar-refractivity contribution >= 4 is 10.0 Å². The van der Waals surface area contributed by atoms with Crippen LogP contribution in [-0.4, -0.2) is 14.8 Å². The van der Waals surface area contributed by atoms with E-state index in [9.17, 15) is 21.6 Å². The van der Waals surface area contributed by atoms with Crippen LogP contribution in [0, 0.1) is 0 Å². The number of alkyl halides is 3. The molecule has 24 heavy (non-hydrogen) atoms. The number of halogens is 3. The number of hydrogen-bond donors (Lipinski definition) is 1. The van der Waals surface area contributed by atoms with Gasteiger partial charge in [0.1, 0.15) is 5.75 Å². The third kappa shape index (κ3) is 3.70. The molecule has 128 valence electrons. The third-order valence-electron chi connectivity index (χ3n) is 3.80. The molecule has 0 radical (unpaired) electrons. The molecular formula is C16H14F3NO3S. The van der Waals surface area contributed by atoms with Crippen LogP contribution >= 0.6 is 0 Å². The number of rotatable bonds is 4. The lowest BCUT2D eigenvalue weighted by atomic mass is 10.1. The Morgan fingerprint density at radius 1 is 1.04 bits per heavy atom. The van der Waals surface area contributed by atoms with Gasteiger partial charge in [0.15, 0.2) is 0 Å². The Morgan fingerprint density at radius 2 is 1.71 bits per heavy atom. The van der Waals surface area contributed by atoms with Gasteiger partial charge >= 0.3 is 6.36 Å². The summed E-state index contributed by atoms with van der Waals surface area (Å²) in [7, 11) is -3.83. The molecule has 1 aliphatic carbocycles. The van der Waals surface area contributed by atoms with Crippen LogP contribution in [-0.2, 0) is 16.4 Å². The molecule has 1 atom stereocenters. The Labute approximate surface area is 137 Å². The summed E-state index contributed by atoms with van der Waals surface area (Å²) in [6.07, 6.45) is -3.39. The maximum Gasteiger partial charge on any atom is 0.573 e. The molecule has 4 nitrogen and oxygen atoms in total. The van der Waals surface area contributed by atoms with E-state index in [0.29, 0.717) is 6.42 Å². The molecule has 0 aromatic heterocycles. The van der Waals surface area contributed by atoms with Crippen molar-refractivity contribution in [1.29, 1.82) is 0 Å². The van der Waals surface area contributed by atoms with E-state index >= 15 is 0 Å². The molecule has 3 rings (SSSR count). The van der Waals surface area contributed by atoms with Gasteiger partial charge < -0.3 is 4.74 Å². The first-order chi connectivity index (χ1) is 11.2. The molecule has 0 heterocycles. The lowest BCUT2D eigenvalue weighted by Gasteiger charge is -2.15. The second-order valence-corrected chi connectivity index (χ2v) is 7.14. The van der Waals surface area contributed by atoms with Gasteiger partial charge in [0.25, 0.3) is 0 Å². The monoisotopic (exact) mass is 357 g/mol. The minimum atomic E-state index is -4.81. The largest absolute Gasteiger partial charge is 0.573 e. The first kappa shape index (κ1) is 16.8. The first-order valence-electron chi connectivity index (χ1n) is 7.20. The highest BCUT2D eigenvalue weighted by Crippen LogP contribution is 2.32. The summed E-state index contributed by atoms with van der Waals surface area (Å²) in [6, 6.07) is 11.4. The van der Waals surface area contributed by atoms with Crippen LogP contribution in [0.4, 0.5) is 13.2 Å². The van der Waals surface area contributed by atoms with Gasteiger partial charge in [-0.2, -0.15) is 0 Å². The van der Waals surface area contributed by atoms with E-state index in [1.807, 2.05) is 24.3 Å². The topological polar surface area (TPSA) is 55.4 Å². The van der Waals surface area contributed by atoms with E-state index in [4.69, 9.17) is 0 Å². The summed E-state index contributed by atoms with van der Waals surface area (Å²) < 4.78 is 67.6. The summed E-state index contributed by atoms with van der Waals surface area (Å²) in [4.78, 5) is -0.110. The average Bonchev–Trinajstić information content (AvgIpc) is 2.89. The number of sulfonamides is 1. The fraction of sp³-hybridized carbons (Fsp3) is 0.250. The van der Waals surface area contributed by atoms with Gasteiger partial charge in [-0.15, -0.1) is 13.2 Å². The second kappa shape index (κ2) is 6.10. The van der Waals surface area contributed by atoms with Crippen LogP contribution in [0.3, 0.4) is 0 Å². The predicted molar refractivity (Wildman–Crippen MR) is 81.0 cm³/mol. The Kier molecular flexibility index (Phi) is 4.27. The maximum absolute atomic E-state index is 12.4. The van der Waals surface area contributed by atoms with Crippen LogP contribution in [0.1, 0.15) is 23.6 Å². The molecule has 0 fully saturated rings. The average molecular weight is 357 g/mol. The lowest BCUT2D eigenvalue weighted by Crippen LogP contribution is -2.27. The standard InChI is InChI=1S/C16H14F3NO3S/c17-16(18,19)23-12-6-8-13(9-7-12)24(21,22)20-15-10-5-11-3-1-2-4-14(11)15/h1-4,6-9,15,20H,5,10H2. The Balaban J connectivity index is 1.77. The fourth-order valence-electron chi connectivity index (χ4n) is 2.76. The van der Waals surface area contributed by atoms with E-state index in [1.54, 1.807) is 0 Å². The number of ether oxygens (including phenoxy) is 1. The van der Waals surface area contributed by atoms with E-state index in [-0.39, 0.29) is 10.9 Å². The molecule has 0 bridgehead atoms. The third-order valence-corrected chi connectivity index (χ3v) is 5.29. The fourth-order valence-corrected chi connectivity index (χ4v) is 4.01. The van der Waals surface area contributed by atoms with Gasteiger partial charge in [0.05, 0.1) is 4.90 Å². The van der Waals surface area contributed by atoms with Gasteiger partial charge in [0.2, 0.25) is 10.0 Å². The van der Waals surface area contributed by atoms with Gasteiger partial charge in [-0.1, -0.05) is 24.3 Å². The maximum atomic E-state index is 12.4. The Morgan fingerprint density at radius 3 is 2.38 bits per heavy atom. The van der Waals surface area contributed by atoms with E-state index in [0.717, 1.165) is 41.8 Å². The van der Waals surface area contributed by atoms with Crippen LogP contribution in [0.2, 0.25) is 0 Å². The van der Waals surface area contributed by atoms with Crippen molar-refractivity contribution in [2.75, 3.05) is 0 Å². The van der Waals surface area contributed by atoms with Crippen molar-refractivity contribution in [3.63, 3.8) is 0 Å². The summed E-state index contributed by atoms with van der Waals surface area (Å²) >= 11 is 0. The van der Waals surface area contributed by atoms with Crippen molar-refractivity contribution in [3.8, 4) is 5.75 Å². The summed E-state index contributed by atoms with van der Waals surface area (Å²) in [6.45, 7) is 0. The van der Waals surface area contributed by atoms with Gasteiger partial charge in [-0.25, -0.2) is 13.1 Å². The van der Waals surface area contributed by atoms with Crippen molar-refractivity contribution in [2.45, 2.75) is 30.1 Å². The summed E-state index contributed by atoms with van der Waals surface area (Å²) in [5, 5.41) is 0. The zero-order valence-electron chi connectivity index (χ0n) is 12.4. The predicted octanol–water partition coefficient (Wildman–Crippen LogP) is 3.55. The molecule has 1 unspecified atom stereocenters. The van der Waals surface area contributed by atoms with Crippen molar-refractivity contribution in [1.82, 2.24) is 4.72 Å². The normalized spacial score (nSPS) is 17.5. The highest BCUT2D eigenvalue weighted by molar-refractivity contribution is 7.89. The zero-order valence-corrected chi connectivity index (χ0v) is 13.2. The molecule has 2 aromatic rings. The van der Waals surface area contributed by atoms with Crippen LogP contribution in [0.25, 0.3) is 0 Å². The molecule has 0 saturated heterocycles. The molecule has 8 heteroatoms. The molecule has 0 amide bonds.